The number of benzene rings is 1. The molecule has 172 valence electrons. The lowest BCUT2D eigenvalue weighted by atomic mass is 9.81. The fourth-order valence-corrected chi connectivity index (χ4v) is 6.34. The van der Waals surface area contributed by atoms with Crippen LogP contribution in [-0.2, 0) is 0 Å². The molecule has 0 saturated carbocycles. The van der Waals surface area contributed by atoms with E-state index in [9.17, 15) is 5.11 Å². The molecule has 0 aliphatic carbocycles. The van der Waals surface area contributed by atoms with Gasteiger partial charge < -0.3 is 20.5 Å². The Labute approximate surface area is 198 Å². The normalized spacial score (nSPS) is 20.5. The Hall–Kier alpha value is -1.71. The average Bonchev–Trinajstić information content (AvgIpc) is 3.35. The van der Waals surface area contributed by atoms with Crippen LogP contribution in [0.1, 0.15) is 30.9 Å². The first-order valence-electron chi connectivity index (χ1n) is 11.2. The molecule has 1 aliphatic rings. The second kappa shape index (κ2) is 11.4. The molecule has 0 unspecified atom stereocenters. The number of hydrogen-bond donors (Lipinski definition) is 2. The van der Waals surface area contributed by atoms with Crippen molar-refractivity contribution in [2.24, 2.45) is 17.6 Å². The van der Waals surface area contributed by atoms with E-state index in [-0.39, 0.29) is 12.6 Å². The van der Waals surface area contributed by atoms with Crippen LogP contribution in [0.2, 0.25) is 0 Å². The number of ether oxygens (including phenoxy) is 1. The number of piperidine rings is 1. The zero-order chi connectivity index (χ0) is 22.3. The number of methoxy groups -OCH3 is 1. The Morgan fingerprint density at radius 2 is 2.19 bits per heavy atom. The third kappa shape index (κ3) is 5.80. The van der Waals surface area contributed by atoms with Crippen molar-refractivity contribution in [3.05, 3.63) is 47.6 Å². The molecule has 1 fully saturated rings. The van der Waals surface area contributed by atoms with Gasteiger partial charge in [0, 0.05) is 54.7 Å². The molecule has 4 rings (SSSR count). The summed E-state index contributed by atoms with van der Waals surface area (Å²) in [4.78, 5) is 11.3. The van der Waals surface area contributed by atoms with Gasteiger partial charge in [0.05, 0.1) is 12.6 Å². The molecule has 8 heteroatoms. The molecule has 3 N–H and O–H groups in total. The van der Waals surface area contributed by atoms with Crippen LogP contribution in [0.15, 0.2) is 46.4 Å². The minimum Gasteiger partial charge on any atom is -0.497 e. The SMILES string of the molecule is COc1ccc2nccc([C@@H](N)CC[C@@H]3CCN(CCSc4nccs4)C[C@@H]3CO)c2c1. The standard InChI is InChI=1S/C24H32N4O2S2/c1-30-19-3-5-23-21(14-19)20(6-8-26-23)22(25)4-2-17-7-10-28(15-18(17)16-29)11-13-32-24-27-9-12-31-24/h3,5-6,8-9,12,14,17-18,22,29H,2,4,7,10-11,13,15-16,25H2,1H3/t17-,18-,22+/m1/s1. The second-order valence-corrected chi connectivity index (χ2v) is 10.6. The van der Waals surface area contributed by atoms with Gasteiger partial charge in [-0.25, -0.2) is 4.98 Å². The highest BCUT2D eigenvalue weighted by Crippen LogP contribution is 2.33. The molecule has 1 aliphatic heterocycles. The molecule has 3 aromatic rings. The largest absolute Gasteiger partial charge is 0.497 e. The first-order chi connectivity index (χ1) is 15.7. The Morgan fingerprint density at radius 1 is 1.28 bits per heavy atom. The van der Waals surface area contributed by atoms with Gasteiger partial charge in [-0.15, -0.1) is 11.3 Å². The molecular weight excluding hydrogens is 440 g/mol. The highest BCUT2D eigenvalue weighted by Gasteiger charge is 2.29. The van der Waals surface area contributed by atoms with E-state index in [1.165, 1.54) is 0 Å². The molecule has 32 heavy (non-hydrogen) atoms. The van der Waals surface area contributed by atoms with Crippen LogP contribution in [0, 0.1) is 11.8 Å². The number of thioether (sulfide) groups is 1. The summed E-state index contributed by atoms with van der Waals surface area (Å²) in [5.74, 6) is 2.69. The molecule has 0 spiro atoms. The number of aliphatic hydroxyl groups is 1. The average molecular weight is 473 g/mol. The summed E-state index contributed by atoms with van der Waals surface area (Å²) in [5, 5.41) is 13.1. The van der Waals surface area contributed by atoms with Crippen molar-refractivity contribution in [2.75, 3.05) is 39.1 Å². The summed E-state index contributed by atoms with van der Waals surface area (Å²) in [6, 6.07) is 7.91. The quantitative estimate of drug-likeness (QED) is 0.428. The van der Waals surface area contributed by atoms with Crippen molar-refractivity contribution >= 4 is 34.0 Å². The number of nitrogens with zero attached hydrogens (tertiary/aromatic N) is 3. The molecule has 3 heterocycles. The fourth-order valence-electron chi connectivity index (χ4n) is 4.64. The Balaban J connectivity index is 1.31. The highest BCUT2D eigenvalue weighted by atomic mass is 32.2. The van der Waals surface area contributed by atoms with Crippen molar-refractivity contribution in [1.82, 2.24) is 14.9 Å². The van der Waals surface area contributed by atoms with Crippen LogP contribution < -0.4 is 10.5 Å². The molecule has 1 aromatic carbocycles. The Bertz CT molecular complexity index is 985. The molecule has 0 radical (unpaired) electrons. The minimum absolute atomic E-state index is 0.0559. The molecule has 1 saturated heterocycles. The number of hydrogen-bond acceptors (Lipinski definition) is 8. The van der Waals surface area contributed by atoms with Crippen LogP contribution in [0.25, 0.3) is 10.9 Å². The Kier molecular flexibility index (Phi) is 8.37. The monoisotopic (exact) mass is 472 g/mol. The second-order valence-electron chi connectivity index (χ2n) is 8.41. The number of fused-ring (bicyclic) bond motifs is 1. The van der Waals surface area contributed by atoms with Gasteiger partial charge in [-0.05, 0) is 67.5 Å². The van der Waals surface area contributed by atoms with Gasteiger partial charge in [0.25, 0.3) is 0 Å². The van der Waals surface area contributed by atoms with E-state index in [1.54, 1.807) is 18.4 Å². The lowest BCUT2D eigenvalue weighted by Crippen LogP contribution is -2.43. The van der Waals surface area contributed by atoms with E-state index in [0.717, 1.165) is 71.2 Å². The maximum atomic E-state index is 10.0. The minimum atomic E-state index is -0.0559. The topological polar surface area (TPSA) is 84.5 Å². The van der Waals surface area contributed by atoms with Crippen LogP contribution in [0.4, 0.5) is 0 Å². The number of aromatic nitrogens is 2. The number of likely N-dealkylation sites (tertiary alicyclic amines) is 1. The summed E-state index contributed by atoms with van der Waals surface area (Å²) >= 11 is 3.51. The third-order valence-corrected chi connectivity index (χ3v) is 8.43. The summed E-state index contributed by atoms with van der Waals surface area (Å²) in [6.45, 7) is 3.33. The number of aliphatic hydroxyl groups excluding tert-OH is 1. The lowest BCUT2D eigenvalue weighted by Gasteiger charge is -2.38. The van der Waals surface area contributed by atoms with E-state index in [0.29, 0.717) is 11.8 Å². The predicted molar refractivity (Wildman–Crippen MR) is 132 cm³/mol. The smallest absolute Gasteiger partial charge is 0.149 e. The van der Waals surface area contributed by atoms with Gasteiger partial charge in [0.1, 0.15) is 10.1 Å². The van der Waals surface area contributed by atoms with Crippen molar-refractivity contribution in [1.29, 1.82) is 0 Å². The van der Waals surface area contributed by atoms with Crippen LogP contribution in [-0.4, -0.2) is 59.1 Å². The highest BCUT2D eigenvalue weighted by molar-refractivity contribution is 8.01. The van der Waals surface area contributed by atoms with Crippen molar-refractivity contribution < 1.29 is 9.84 Å². The van der Waals surface area contributed by atoms with Gasteiger partial charge in [-0.2, -0.15) is 0 Å². The number of pyridine rings is 1. The summed E-state index contributed by atoms with van der Waals surface area (Å²) in [6.07, 6.45) is 6.74. The molecular formula is C24H32N4O2S2. The molecule has 3 atom stereocenters. The van der Waals surface area contributed by atoms with Gasteiger partial charge in [-0.3, -0.25) is 4.98 Å². The van der Waals surface area contributed by atoms with Gasteiger partial charge in [0.2, 0.25) is 0 Å². The molecule has 0 bridgehead atoms. The fraction of sp³-hybridized carbons (Fsp3) is 0.500. The van der Waals surface area contributed by atoms with Gasteiger partial charge in [-0.1, -0.05) is 11.8 Å². The Morgan fingerprint density at radius 3 is 2.97 bits per heavy atom. The zero-order valence-electron chi connectivity index (χ0n) is 18.5. The van der Waals surface area contributed by atoms with E-state index >= 15 is 0 Å². The first-order valence-corrected chi connectivity index (χ1v) is 13.1. The van der Waals surface area contributed by atoms with Crippen molar-refractivity contribution in [2.45, 2.75) is 29.6 Å². The number of rotatable bonds is 10. The number of nitrogens with two attached hydrogens (primary N) is 1. The van der Waals surface area contributed by atoms with Crippen molar-refractivity contribution in [3.8, 4) is 5.75 Å². The van der Waals surface area contributed by atoms with E-state index in [1.807, 2.05) is 53.8 Å². The van der Waals surface area contributed by atoms with Crippen LogP contribution in [0.3, 0.4) is 0 Å². The lowest BCUT2D eigenvalue weighted by molar-refractivity contribution is 0.0701. The summed E-state index contributed by atoms with van der Waals surface area (Å²) in [7, 11) is 1.68. The van der Waals surface area contributed by atoms with E-state index in [2.05, 4.69) is 14.9 Å². The molecule has 0 amide bonds. The summed E-state index contributed by atoms with van der Waals surface area (Å²) in [5.41, 5.74) is 8.70. The number of thiazole rings is 1. The van der Waals surface area contributed by atoms with Crippen LogP contribution in [0.5, 0.6) is 5.75 Å². The van der Waals surface area contributed by atoms with Gasteiger partial charge >= 0.3 is 0 Å². The van der Waals surface area contributed by atoms with Gasteiger partial charge in [0.15, 0.2) is 0 Å². The maximum Gasteiger partial charge on any atom is 0.149 e. The summed E-state index contributed by atoms with van der Waals surface area (Å²) < 4.78 is 6.53. The third-order valence-electron chi connectivity index (χ3n) is 6.48. The predicted octanol–water partition coefficient (Wildman–Crippen LogP) is 4.20. The van der Waals surface area contributed by atoms with Crippen molar-refractivity contribution in [3.63, 3.8) is 0 Å². The van der Waals surface area contributed by atoms with E-state index in [4.69, 9.17) is 10.5 Å². The first kappa shape index (κ1) is 23.4. The zero-order valence-corrected chi connectivity index (χ0v) is 20.2. The maximum absolute atomic E-state index is 10.0. The van der Waals surface area contributed by atoms with Crippen LogP contribution >= 0.6 is 23.1 Å². The molecule has 2 aromatic heterocycles. The van der Waals surface area contributed by atoms with E-state index < -0.39 is 0 Å². The molecule has 6 nitrogen and oxygen atoms in total.